The van der Waals surface area contributed by atoms with Crippen LogP contribution in [0.1, 0.15) is 26.1 Å². The smallest absolute Gasteiger partial charge is 0.260 e. The van der Waals surface area contributed by atoms with E-state index in [4.69, 9.17) is 0 Å². The number of aryl methyl sites for hydroxylation is 2. The van der Waals surface area contributed by atoms with Gasteiger partial charge in [-0.2, -0.15) is 4.72 Å². The first kappa shape index (κ1) is 16.1. The molecule has 0 aliphatic carbocycles. The number of aliphatic hydroxyl groups excluding tert-OH is 2. The lowest BCUT2D eigenvalue weighted by molar-refractivity contribution is 0.105. The number of nitrogens with zero attached hydrogens (tertiary/aromatic N) is 2. The molecule has 0 bridgehead atoms. The topological polar surface area (TPSA) is 104 Å². The maximum atomic E-state index is 12.2. The van der Waals surface area contributed by atoms with E-state index in [9.17, 15) is 18.6 Å². The normalized spacial score (nSPS) is 12.9. The summed E-state index contributed by atoms with van der Waals surface area (Å²) >= 11 is 0. The Balaban J connectivity index is 3.10. The first-order valence-corrected chi connectivity index (χ1v) is 7.62. The zero-order valence-corrected chi connectivity index (χ0v) is 12.2. The second kappa shape index (κ2) is 6.00. The average molecular weight is 291 g/mol. The molecule has 7 nitrogen and oxygen atoms in total. The van der Waals surface area contributed by atoms with Gasteiger partial charge in [0.1, 0.15) is 5.82 Å². The van der Waals surface area contributed by atoms with Crippen molar-refractivity contribution in [2.75, 3.05) is 13.2 Å². The lowest BCUT2D eigenvalue weighted by atomic mass is 10.0. The van der Waals surface area contributed by atoms with E-state index in [0.29, 0.717) is 12.4 Å². The molecule has 1 aromatic rings. The van der Waals surface area contributed by atoms with Crippen molar-refractivity contribution in [1.29, 1.82) is 0 Å². The van der Waals surface area contributed by atoms with Crippen LogP contribution in [-0.4, -0.2) is 46.9 Å². The molecular weight excluding hydrogens is 270 g/mol. The Morgan fingerprint density at radius 1 is 1.37 bits per heavy atom. The molecule has 3 N–H and O–H groups in total. The van der Waals surface area contributed by atoms with Crippen LogP contribution in [-0.2, 0) is 16.6 Å². The number of hydrogen-bond acceptors (Lipinski definition) is 5. The van der Waals surface area contributed by atoms with Crippen molar-refractivity contribution in [3.63, 3.8) is 0 Å². The van der Waals surface area contributed by atoms with Crippen LogP contribution in [0.4, 0.5) is 0 Å². The Morgan fingerprint density at radius 2 is 1.95 bits per heavy atom. The van der Waals surface area contributed by atoms with Gasteiger partial charge in [0.25, 0.3) is 10.0 Å². The van der Waals surface area contributed by atoms with Gasteiger partial charge < -0.3 is 14.8 Å². The molecule has 0 aliphatic heterocycles. The molecule has 0 saturated heterocycles. The number of nitrogens with one attached hydrogen (secondary N) is 1. The van der Waals surface area contributed by atoms with Gasteiger partial charge in [0.05, 0.1) is 18.8 Å². The lowest BCUT2D eigenvalue weighted by Gasteiger charge is -2.28. The van der Waals surface area contributed by atoms with Crippen molar-refractivity contribution in [1.82, 2.24) is 14.3 Å². The van der Waals surface area contributed by atoms with E-state index < -0.39 is 28.8 Å². The van der Waals surface area contributed by atoms with E-state index >= 15 is 0 Å². The Bertz CT molecular complexity index is 512. The van der Waals surface area contributed by atoms with E-state index in [-0.39, 0.29) is 11.4 Å². The predicted octanol–water partition coefficient (Wildman–Crippen LogP) is -0.377. The average Bonchev–Trinajstić information content (AvgIpc) is 2.78. The Kier molecular flexibility index (Phi) is 5.08. The van der Waals surface area contributed by atoms with Gasteiger partial charge in [-0.25, -0.2) is 13.4 Å². The Labute approximate surface area is 113 Å². The van der Waals surface area contributed by atoms with Crippen LogP contribution < -0.4 is 4.72 Å². The molecule has 0 atom stereocenters. The minimum atomic E-state index is -3.87. The third kappa shape index (κ3) is 3.33. The Morgan fingerprint density at radius 3 is 2.32 bits per heavy atom. The van der Waals surface area contributed by atoms with Crippen LogP contribution in [0, 0.1) is 6.92 Å². The third-order valence-electron chi connectivity index (χ3n) is 3.20. The van der Waals surface area contributed by atoms with Crippen LogP contribution in [0.3, 0.4) is 0 Å². The fraction of sp³-hybridized carbons (Fsp3) is 0.727. The summed E-state index contributed by atoms with van der Waals surface area (Å²) < 4.78 is 28.4. The fourth-order valence-corrected chi connectivity index (χ4v) is 3.14. The van der Waals surface area contributed by atoms with Crippen molar-refractivity contribution in [3.8, 4) is 0 Å². The van der Waals surface area contributed by atoms with Gasteiger partial charge in [0.15, 0.2) is 5.03 Å². The molecule has 0 spiro atoms. The van der Waals surface area contributed by atoms with Gasteiger partial charge in [-0.1, -0.05) is 6.92 Å². The minimum Gasteiger partial charge on any atom is -0.394 e. The van der Waals surface area contributed by atoms with E-state index in [1.165, 1.54) is 6.20 Å². The van der Waals surface area contributed by atoms with Crippen molar-refractivity contribution < 1.29 is 18.6 Å². The number of rotatable bonds is 7. The molecule has 19 heavy (non-hydrogen) atoms. The Hall–Kier alpha value is -0.960. The zero-order valence-electron chi connectivity index (χ0n) is 11.4. The first-order chi connectivity index (χ1) is 8.84. The van der Waals surface area contributed by atoms with Gasteiger partial charge in [-0.05, 0) is 20.3 Å². The third-order valence-corrected chi connectivity index (χ3v) is 4.65. The van der Waals surface area contributed by atoms with Crippen LogP contribution in [0.5, 0.6) is 0 Å². The monoisotopic (exact) mass is 291 g/mol. The number of imidazole rings is 1. The summed E-state index contributed by atoms with van der Waals surface area (Å²) in [5, 5.41) is 18.5. The SMILES string of the molecule is CCn1cc(S(=O)(=O)NC(CC)(CO)CO)nc1C. The molecule has 0 unspecified atom stereocenters. The van der Waals surface area contributed by atoms with E-state index in [2.05, 4.69) is 9.71 Å². The second-order valence-electron chi connectivity index (χ2n) is 4.47. The number of sulfonamides is 1. The number of aromatic nitrogens is 2. The quantitative estimate of drug-likeness (QED) is 0.635. The number of aliphatic hydroxyl groups is 2. The van der Waals surface area contributed by atoms with Crippen LogP contribution in [0.2, 0.25) is 0 Å². The van der Waals surface area contributed by atoms with Gasteiger partial charge in [-0.3, -0.25) is 0 Å². The molecule has 1 aromatic heterocycles. The summed E-state index contributed by atoms with van der Waals surface area (Å²) in [6, 6.07) is 0. The summed E-state index contributed by atoms with van der Waals surface area (Å²) in [5.41, 5.74) is -1.26. The highest BCUT2D eigenvalue weighted by Crippen LogP contribution is 2.15. The van der Waals surface area contributed by atoms with Crippen molar-refractivity contribution in [2.45, 2.75) is 44.3 Å². The van der Waals surface area contributed by atoms with Gasteiger partial charge >= 0.3 is 0 Å². The van der Waals surface area contributed by atoms with E-state index in [1.807, 2.05) is 6.92 Å². The van der Waals surface area contributed by atoms with Crippen molar-refractivity contribution in [2.24, 2.45) is 0 Å². The molecule has 0 saturated carbocycles. The summed E-state index contributed by atoms with van der Waals surface area (Å²) in [4.78, 5) is 3.99. The second-order valence-corrected chi connectivity index (χ2v) is 6.10. The molecule has 110 valence electrons. The standard InChI is InChI=1S/C11H21N3O4S/c1-4-11(7-15,8-16)13-19(17,18)10-6-14(5-2)9(3)12-10/h6,13,15-16H,4-5,7-8H2,1-3H3. The summed E-state index contributed by atoms with van der Waals surface area (Å²) in [7, 11) is -3.87. The maximum Gasteiger partial charge on any atom is 0.260 e. The molecule has 0 fully saturated rings. The maximum absolute atomic E-state index is 12.2. The molecule has 8 heteroatoms. The van der Waals surface area contributed by atoms with E-state index in [1.54, 1.807) is 18.4 Å². The molecule has 0 aromatic carbocycles. The van der Waals surface area contributed by atoms with Crippen molar-refractivity contribution >= 4 is 10.0 Å². The highest BCUT2D eigenvalue weighted by Gasteiger charge is 2.33. The fourth-order valence-electron chi connectivity index (χ4n) is 1.68. The summed E-state index contributed by atoms with van der Waals surface area (Å²) in [6.07, 6.45) is 1.71. The molecule has 0 radical (unpaired) electrons. The number of hydrogen-bond donors (Lipinski definition) is 3. The van der Waals surface area contributed by atoms with Crippen LogP contribution in [0.25, 0.3) is 0 Å². The largest absolute Gasteiger partial charge is 0.394 e. The molecular formula is C11H21N3O4S. The molecule has 0 aliphatic rings. The minimum absolute atomic E-state index is 0.105. The highest BCUT2D eigenvalue weighted by atomic mass is 32.2. The van der Waals surface area contributed by atoms with Gasteiger partial charge in [0.2, 0.25) is 0 Å². The van der Waals surface area contributed by atoms with Crippen LogP contribution in [0.15, 0.2) is 11.2 Å². The zero-order chi connectivity index (χ0) is 14.7. The lowest BCUT2D eigenvalue weighted by Crippen LogP contribution is -2.53. The summed E-state index contributed by atoms with van der Waals surface area (Å²) in [6.45, 7) is 4.95. The molecule has 1 rings (SSSR count). The predicted molar refractivity (Wildman–Crippen MR) is 70.2 cm³/mol. The van der Waals surface area contributed by atoms with Crippen LogP contribution >= 0.6 is 0 Å². The highest BCUT2D eigenvalue weighted by molar-refractivity contribution is 7.89. The molecule has 1 heterocycles. The molecule has 0 amide bonds. The van der Waals surface area contributed by atoms with Gasteiger partial charge in [-0.15, -0.1) is 0 Å². The van der Waals surface area contributed by atoms with E-state index in [0.717, 1.165) is 0 Å². The first-order valence-electron chi connectivity index (χ1n) is 6.13. The summed E-state index contributed by atoms with van der Waals surface area (Å²) in [5.74, 6) is 0.595. The van der Waals surface area contributed by atoms with Gasteiger partial charge in [0, 0.05) is 12.7 Å². The van der Waals surface area contributed by atoms with Crippen molar-refractivity contribution in [3.05, 3.63) is 12.0 Å².